The summed E-state index contributed by atoms with van der Waals surface area (Å²) in [4.78, 5) is 26.7. The quantitative estimate of drug-likeness (QED) is 0.851. The Bertz CT molecular complexity index is 584. The molecule has 1 unspecified atom stereocenters. The van der Waals surface area contributed by atoms with E-state index in [0.717, 1.165) is 58.4 Å². The van der Waals surface area contributed by atoms with Crippen LogP contribution in [0.1, 0.15) is 48.9 Å². The van der Waals surface area contributed by atoms with Gasteiger partial charge in [0.05, 0.1) is 0 Å². The SMILES string of the molecule is O=C(NCC1CCCN(C(=O)CCC2CCOCC2)C1)c1ccccc1. The Labute approximate surface area is 156 Å². The summed E-state index contributed by atoms with van der Waals surface area (Å²) >= 11 is 0. The molecule has 2 heterocycles. The van der Waals surface area contributed by atoms with E-state index >= 15 is 0 Å². The maximum atomic E-state index is 12.6. The first kappa shape index (κ1) is 18.9. The third kappa shape index (κ3) is 5.56. The van der Waals surface area contributed by atoms with Crippen LogP contribution >= 0.6 is 0 Å². The lowest BCUT2D eigenvalue weighted by atomic mass is 9.93. The average Bonchev–Trinajstić information content (AvgIpc) is 2.72. The maximum absolute atomic E-state index is 12.6. The third-order valence-electron chi connectivity index (χ3n) is 5.57. The van der Waals surface area contributed by atoms with E-state index in [1.807, 2.05) is 35.2 Å². The Morgan fingerprint density at radius 1 is 1.08 bits per heavy atom. The average molecular weight is 358 g/mol. The fourth-order valence-corrected chi connectivity index (χ4v) is 3.91. The standard InChI is InChI=1S/C21H30N2O3/c24-20(9-8-17-10-13-26-14-11-17)23-12-4-5-18(16-23)15-22-21(25)19-6-2-1-3-7-19/h1-3,6-7,17-18H,4-5,8-16H2,(H,22,25). The van der Waals surface area contributed by atoms with Gasteiger partial charge in [-0.25, -0.2) is 0 Å². The number of piperidine rings is 1. The number of hydrogen-bond donors (Lipinski definition) is 1. The van der Waals surface area contributed by atoms with Crippen molar-refractivity contribution < 1.29 is 14.3 Å². The van der Waals surface area contributed by atoms with E-state index < -0.39 is 0 Å². The summed E-state index contributed by atoms with van der Waals surface area (Å²) < 4.78 is 5.39. The fourth-order valence-electron chi connectivity index (χ4n) is 3.91. The number of benzene rings is 1. The number of carbonyl (C=O) groups is 2. The minimum absolute atomic E-state index is 0.0337. The van der Waals surface area contributed by atoms with Crippen LogP contribution in [0, 0.1) is 11.8 Å². The van der Waals surface area contributed by atoms with Gasteiger partial charge in [-0.05, 0) is 56.1 Å². The molecule has 0 aromatic heterocycles. The molecule has 2 saturated heterocycles. The molecule has 0 aliphatic carbocycles. The number of amides is 2. The van der Waals surface area contributed by atoms with Gasteiger partial charge in [-0.2, -0.15) is 0 Å². The highest BCUT2D eigenvalue weighted by Crippen LogP contribution is 2.22. The number of ether oxygens (including phenoxy) is 1. The van der Waals surface area contributed by atoms with Crippen molar-refractivity contribution in [2.75, 3.05) is 32.8 Å². The van der Waals surface area contributed by atoms with Crippen LogP contribution in [0.25, 0.3) is 0 Å². The molecule has 5 nitrogen and oxygen atoms in total. The topological polar surface area (TPSA) is 58.6 Å². The summed E-state index contributed by atoms with van der Waals surface area (Å²) in [6, 6.07) is 9.29. The molecule has 1 aromatic carbocycles. The Balaban J connectivity index is 1.40. The predicted molar refractivity (Wildman–Crippen MR) is 101 cm³/mol. The molecule has 1 atom stereocenters. The maximum Gasteiger partial charge on any atom is 0.251 e. The molecule has 2 aliphatic rings. The Kier molecular flexibility index (Phi) is 7.06. The van der Waals surface area contributed by atoms with E-state index in [0.29, 0.717) is 30.4 Å². The third-order valence-corrected chi connectivity index (χ3v) is 5.57. The van der Waals surface area contributed by atoms with Crippen molar-refractivity contribution in [3.8, 4) is 0 Å². The molecule has 2 aliphatic heterocycles. The predicted octanol–water partition coefficient (Wildman–Crippen LogP) is 2.86. The zero-order chi connectivity index (χ0) is 18.2. The fraction of sp³-hybridized carbons (Fsp3) is 0.619. The van der Waals surface area contributed by atoms with E-state index in [-0.39, 0.29) is 11.8 Å². The van der Waals surface area contributed by atoms with E-state index in [2.05, 4.69) is 5.32 Å². The molecule has 0 spiro atoms. The van der Waals surface area contributed by atoms with Gasteiger partial charge in [0, 0.05) is 44.8 Å². The Morgan fingerprint density at radius 3 is 2.62 bits per heavy atom. The molecule has 2 fully saturated rings. The number of nitrogens with zero attached hydrogens (tertiary/aromatic N) is 1. The number of nitrogens with one attached hydrogen (secondary N) is 1. The summed E-state index contributed by atoms with van der Waals surface area (Å²) in [5.74, 6) is 1.23. The van der Waals surface area contributed by atoms with Gasteiger partial charge in [0.1, 0.15) is 0 Å². The van der Waals surface area contributed by atoms with E-state index in [1.165, 1.54) is 0 Å². The molecular formula is C21H30N2O3. The van der Waals surface area contributed by atoms with Gasteiger partial charge in [0.25, 0.3) is 5.91 Å². The lowest BCUT2D eigenvalue weighted by Gasteiger charge is -2.33. The van der Waals surface area contributed by atoms with Crippen LogP contribution in [-0.4, -0.2) is 49.6 Å². The zero-order valence-corrected chi connectivity index (χ0v) is 15.5. The molecule has 1 aromatic rings. The van der Waals surface area contributed by atoms with Gasteiger partial charge >= 0.3 is 0 Å². The van der Waals surface area contributed by atoms with Gasteiger partial charge in [-0.1, -0.05) is 18.2 Å². The highest BCUT2D eigenvalue weighted by atomic mass is 16.5. The van der Waals surface area contributed by atoms with Crippen LogP contribution in [0.15, 0.2) is 30.3 Å². The summed E-state index contributed by atoms with van der Waals surface area (Å²) in [5.41, 5.74) is 0.688. The van der Waals surface area contributed by atoms with Crippen LogP contribution in [0.2, 0.25) is 0 Å². The van der Waals surface area contributed by atoms with Crippen molar-refractivity contribution in [1.29, 1.82) is 0 Å². The summed E-state index contributed by atoms with van der Waals surface area (Å²) in [7, 11) is 0. The van der Waals surface area contributed by atoms with Crippen LogP contribution in [0.4, 0.5) is 0 Å². The van der Waals surface area contributed by atoms with Crippen LogP contribution in [0.5, 0.6) is 0 Å². The van der Waals surface area contributed by atoms with Gasteiger partial charge in [-0.3, -0.25) is 9.59 Å². The minimum atomic E-state index is -0.0337. The van der Waals surface area contributed by atoms with Crippen molar-refractivity contribution in [1.82, 2.24) is 10.2 Å². The molecule has 0 saturated carbocycles. The lowest BCUT2D eigenvalue weighted by molar-refractivity contribution is -0.133. The smallest absolute Gasteiger partial charge is 0.251 e. The second-order valence-electron chi connectivity index (χ2n) is 7.52. The van der Waals surface area contributed by atoms with Crippen LogP contribution in [-0.2, 0) is 9.53 Å². The Hall–Kier alpha value is -1.88. The molecule has 26 heavy (non-hydrogen) atoms. The summed E-state index contributed by atoms with van der Waals surface area (Å²) in [6.07, 6.45) is 5.89. The first-order chi connectivity index (χ1) is 12.7. The normalized spacial score (nSPS) is 21.4. The van der Waals surface area contributed by atoms with Gasteiger partial charge in [-0.15, -0.1) is 0 Å². The molecule has 5 heteroatoms. The number of likely N-dealkylation sites (tertiary alicyclic amines) is 1. The molecule has 0 bridgehead atoms. The van der Waals surface area contributed by atoms with Crippen molar-refractivity contribution in [3.05, 3.63) is 35.9 Å². The van der Waals surface area contributed by atoms with E-state index in [9.17, 15) is 9.59 Å². The van der Waals surface area contributed by atoms with Crippen LogP contribution < -0.4 is 5.32 Å². The Morgan fingerprint density at radius 2 is 1.85 bits per heavy atom. The molecular weight excluding hydrogens is 328 g/mol. The number of rotatable bonds is 6. The minimum Gasteiger partial charge on any atom is -0.381 e. The lowest BCUT2D eigenvalue weighted by Crippen LogP contribution is -2.43. The zero-order valence-electron chi connectivity index (χ0n) is 15.5. The first-order valence-corrected chi connectivity index (χ1v) is 9.91. The number of carbonyl (C=O) groups excluding carboxylic acids is 2. The van der Waals surface area contributed by atoms with E-state index in [1.54, 1.807) is 0 Å². The first-order valence-electron chi connectivity index (χ1n) is 9.91. The molecule has 142 valence electrons. The van der Waals surface area contributed by atoms with Gasteiger partial charge in [0.2, 0.25) is 5.91 Å². The number of hydrogen-bond acceptors (Lipinski definition) is 3. The molecule has 3 rings (SSSR count). The monoisotopic (exact) mass is 358 g/mol. The molecule has 1 N–H and O–H groups in total. The molecule has 0 radical (unpaired) electrons. The highest BCUT2D eigenvalue weighted by molar-refractivity contribution is 5.94. The van der Waals surface area contributed by atoms with Crippen LogP contribution in [0.3, 0.4) is 0 Å². The summed E-state index contributed by atoms with van der Waals surface area (Å²) in [6.45, 7) is 3.94. The second kappa shape index (κ2) is 9.72. The van der Waals surface area contributed by atoms with Gasteiger partial charge in [0.15, 0.2) is 0 Å². The largest absolute Gasteiger partial charge is 0.381 e. The molecule has 2 amide bonds. The summed E-state index contributed by atoms with van der Waals surface area (Å²) in [5, 5.41) is 3.02. The van der Waals surface area contributed by atoms with Crippen molar-refractivity contribution in [2.45, 2.75) is 38.5 Å². The highest BCUT2D eigenvalue weighted by Gasteiger charge is 2.25. The van der Waals surface area contributed by atoms with E-state index in [4.69, 9.17) is 4.74 Å². The van der Waals surface area contributed by atoms with Gasteiger partial charge < -0.3 is 15.0 Å². The van der Waals surface area contributed by atoms with Crippen molar-refractivity contribution >= 4 is 11.8 Å². The van der Waals surface area contributed by atoms with Crippen molar-refractivity contribution in [3.63, 3.8) is 0 Å². The second-order valence-corrected chi connectivity index (χ2v) is 7.52. The van der Waals surface area contributed by atoms with Crippen molar-refractivity contribution in [2.24, 2.45) is 11.8 Å².